The van der Waals surface area contributed by atoms with Gasteiger partial charge in [0.15, 0.2) is 6.29 Å². The molecular weight excluding hydrogens is 478 g/mol. The Kier molecular flexibility index (Phi) is 9.70. The molecule has 2 aliphatic heterocycles. The number of aliphatic hydroxyl groups excluding tert-OH is 7. The van der Waals surface area contributed by atoms with E-state index in [2.05, 4.69) is 15.0 Å². The number of hydrogen-bond acceptors (Lipinski definition) is 16. The molecule has 0 aliphatic carbocycles. The fourth-order valence-electron chi connectivity index (χ4n) is 3.52. The molecule has 1 aromatic rings. The zero-order valence-electron chi connectivity index (χ0n) is 19.0. The van der Waals surface area contributed by atoms with E-state index >= 15 is 0 Å². The second-order valence-corrected chi connectivity index (χ2v) is 7.67. The van der Waals surface area contributed by atoms with Gasteiger partial charge in [-0.25, -0.2) is 0 Å². The van der Waals surface area contributed by atoms with Crippen LogP contribution in [0, 0.1) is 0 Å². The van der Waals surface area contributed by atoms with E-state index in [-0.39, 0.29) is 31.2 Å². The minimum atomic E-state index is -1.77. The molecule has 0 aromatic carbocycles. The molecule has 200 valence electrons. The van der Waals surface area contributed by atoms with E-state index in [0.29, 0.717) is 0 Å². The van der Waals surface area contributed by atoms with Gasteiger partial charge >= 0.3 is 18.0 Å². The Morgan fingerprint density at radius 2 is 1.17 bits per heavy atom. The van der Waals surface area contributed by atoms with Crippen LogP contribution in [0.15, 0.2) is 0 Å². The predicted octanol–water partition coefficient (Wildman–Crippen LogP) is -4.33. The average Bonchev–Trinajstić information content (AvgIpc) is 2.84. The van der Waals surface area contributed by atoms with Crippen LogP contribution in [0.25, 0.3) is 0 Å². The van der Waals surface area contributed by atoms with Crippen molar-refractivity contribution >= 4 is 0 Å². The number of aliphatic hydroxyl groups is 7. The maximum absolute atomic E-state index is 10.7. The van der Waals surface area contributed by atoms with E-state index in [4.69, 9.17) is 28.4 Å². The Morgan fingerprint density at radius 3 is 1.71 bits per heavy atom. The van der Waals surface area contributed by atoms with Gasteiger partial charge in [-0.3, -0.25) is 0 Å². The number of ether oxygens (including phenoxy) is 6. The molecule has 0 bridgehead atoms. The van der Waals surface area contributed by atoms with Gasteiger partial charge < -0.3 is 64.2 Å². The molecule has 2 fully saturated rings. The Morgan fingerprint density at radius 1 is 0.657 bits per heavy atom. The lowest BCUT2D eigenvalue weighted by molar-refractivity contribution is -0.352. The summed E-state index contributed by atoms with van der Waals surface area (Å²) in [6, 6.07) is -0.586. The molecule has 0 amide bonds. The van der Waals surface area contributed by atoms with E-state index in [1.165, 1.54) is 0 Å². The van der Waals surface area contributed by atoms with Gasteiger partial charge in [-0.1, -0.05) is 0 Å². The van der Waals surface area contributed by atoms with Crippen molar-refractivity contribution in [3.05, 3.63) is 0 Å². The van der Waals surface area contributed by atoms with E-state index in [1.807, 2.05) is 0 Å². The molecule has 10 atom stereocenters. The molecule has 3 heterocycles. The minimum absolute atomic E-state index is 0.116. The number of hydrogen-bond donors (Lipinski definition) is 7. The van der Waals surface area contributed by atoms with Gasteiger partial charge in [-0.05, 0) is 13.8 Å². The predicted molar refractivity (Wildman–Crippen MR) is 109 cm³/mol. The highest BCUT2D eigenvalue weighted by Gasteiger charge is 2.51. The van der Waals surface area contributed by atoms with Crippen LogP contribution in [0.5, 0.6) is 18.0 Å². The molecule has 3 rings (SSSR count). The van der Waals surface area contributed by atoms with Gasteiger partial charge in [0.25, 0.3) is 0 Å². The fourth-order valence-corrected chi connectivity index (χ4v) is 3.52. The summed E-state index contributed by atoms with van der Waals surface area (Å²) in [5, 5.41) is 70.4. The van der Waals surface area contributed by atoms with Gasteiger partial charge in [0.05, 0.1) is 26.4 Å². The standard InChI is InChI=1S/C19H31N3O13/c1-3-30-17-20-18(31-4-2)22-19(21-17)35-16-13(29)11(27)14(8(6-24)33-16)34-15-12(28)10(26)9(25)7(5-23)32-15/h7-16,23-29H,3-6H2,1-2H3/t7-,8-,9+,10+,11-,12-,13-,14-,15+,16+/m1/s1. The number of aromatic nitrogens is 3. The van der Waals surface area contributed by atoms with Crippen LogP contribution in [-0.4, -0.2) is 139 Å². The van der Waals surface area contributed by atoms with Crippen LogP contribution >= 0.6 is 0 Å². The smallest absolute Gasteiger partial charge is 0.328 e. The summed E-state index contributed by atoms with van der Waals surface area (Å²) >= 11 is 0. The first-order valence-corrected chi connectivity index (χ1v) is 11.0. The summed E-state index contributed by atoms with van der Waals surface area (Å²) in [7, 11) is 0. The van der Waals surface area contributed by atoms with Crippen molar-refractivity contribution in [1.29, 1.82) is 0 Å². The summed E-state index contributed by atoms with van der Waals surface area (Å²) < 4.78 is 32.2. The van der Waals surface area contributed by atoms with Crippen molar-refractivity contribution < 1.29 is 64.2 Å². The first kappa shape index (κ1) is 27.6. The van der Waals surface area contributed by atoms with Crippen molar-refractivity contribution in [3.63, 3.8) is 0 Å². The number of rotatable bonds is 10. The maximum atomic E-state index is 10.7. The summed E-state index contributed by atoms with van der Waals surface area (Å²) in [5.41, 5.74) is 0. The first-order valence-electron chi connectivity index (χ1n) is 11.0. The van der Waals surface area contributed by atoms with E-state index in [0.717, 1.165) is 0 Å². The molecule has 16 heteroatoms. The summed E-state index contributed by atoms with van der Waals surface area (Å²) in [5.74, 6) is 0. The number of nitrogens with zero attached hydrogens (tertiary/aromatic N) is 3. The van der Waals surface area contributed by atoms with Crippen LogP contribution in [-0.2, 0) is 14.2 Å². The Bertz CT molecular complexity index is 779. The summed E-state index contributed by atoms with van der Waals surface area (Å²) in [4.78, 5) is 11.8. The van der Waals surface area contributed by atoms with Crippen molar-refractivity contribution in [3.8, 4) is 18.0 Å². The lowest BCUT2D eigenvalue weighted by atomic mass is 9.97. The third-order valence-corrected chi connectivity index (χ3v) is 5.30. The lowest BCUT2D eigenvalue weighted by Crippen LogP contribution is -2.65. The van der Waals surface area contributed by atoms with E-state index < -0.39 is 74.6 Å². The largest absolute Gasteiger partial charge is 0.464 e. The molecule has 0 spiro atoms. The Balaban J connectivity index is 1.74. The van der Waals surface area contributed by atoms with Gasteiger partial charge in [0.1, 0.15) is 48.8 Å². The van der Waals surface area contributed by atoms with E-state index in [1.54, 1.807) is 13.8 Å². The maximum Gasteiger partial charge on any atom is 0.328 e. The molecular formula is C19H31N3O13. The monoisotopic (exact) mass is 509 g/mol. The van der Waals surface area contributed by atoms with Crippen molar-refractivity contribution in [2.45, 2.75) is 75.3 Å². The molecule has 2 aliphatic rings. The average molecular weight is 509 g/mol. The molecule has 2 saturated heterocycles. The quantitative estimate of drug-likeness (QED) is 0.158. The lowest BCUT2D eigenvalue weighted by Gasteiger charge is -2.45. The molecule has 1 aromatic heterocycles. The van der Waals surface area contributed by atoms with Gasteiger partial charge in [-0.2, -0.15) is 0 Å². The van der Waals surface area contributed by atoms with Crippen LogP contribution in [0.1, 0.15) is 13.8 Å². The van der Waals surface area contributed by atoms with E-state index in [9.17, 15) is 35.7 Å². The van der Waals surface area contributed by atoms with Gasteiger partial charge in [0, 0.05) is 0 Å². The van der Waals surface area contributed by atoms with Gasteiger partial charge in [-0.15, -0.1) is 15.0 Å². The highest BCUT2D eigenvalue weighted by molar-refractivity contribution is 5.09. The second-order valence-electron chi connectivity index (χ2n) is 7.67. The van der Waals surface area contributed by atoms with Crippen molar-refractivity contribution in [2.75, 3.05) is 26.4 Å². The molecule has 0 radical (unpaired) electrons. The highest BCUT2D eigenvalue weighted by Crippen LogP contribution is 2.30. The van der Waals surface area contributed by atoms with Crippen molar-refractivity contribution in [1.82, 2.24) is 15.0 Å². The third kappa shape index (κ3) is 6.23. The van der Waals surface area contributed by atoms with Crippen LogP contribution in [0.2, 0.25) is 0 Å². The fraction of sp³-hybridized carbons (Fsp3) is 0.842. The zero-order valence-corrected chi connectivity index (χ0v) is 19.0. The van der Waals surface area contributed by atoms with Crippen LogP contribution < -0.4 is 14.2 Å². The first-order chi connectivity index (χ1) is 16.7. The van der Waals surface area contributed by atoms with Crippen molar-refractivity contribution in [2.24, 2.45) is 0 Å². The van der Waals surface area contributed by atoms with Crippen LogP contribution in [0.3, 0.4) is 0 Å². The Labute approximate surface area is 199 Å². The molecule has 7 N–H and O–H groups in total. The summed E-state index contributed by atoms with van der Waals surface area (Å²) in [6.45, 7) is 2.46. The molecule has 0 unspecified atom stereocenters. The third-order valence-electron chi connectivity index (χ3n) is 5.30. The van der Waals surface area contributed by atoms with Gasteiger partial charge in [0.2, 0.25) is 6.29 Å². The van der Waals surface area contributed by atoms with Crippen LogP contribution in [0.4, 0.5) is 0 Å². The molecule has 0 saturated carbocycles. The second kappa shape index (κ2) is 12.3. The minimum Gasteiger partial charge on any atom is -0.464 e. The SMILES string of the molecule is CCOc1nc(OCC)nc(O[C@@H]2O[C@H](CO)[C@@H](O[C@@H]3O[C@H](CO)[C@H](O)[C@H](O)[C@H]3O)[C@H](O)[C@H]2O)n1. The Hall–Kier alpha value is -1.99. The summed E-state index contributed by atoms with van der Waals surface area (Å²) in [6.07, 6.45) is -15.9. The molecule has 35 heavy (non-hydrogen) atoms. The highest BCUT2D eigenvalue weighted by atomic mass is 16.7. The zero-order chi connectivity index (χ0) is 25.7. The molecule has 16 nitrogen and oxygen atoms in total. The normalized spacial score (nSPS) is 37.6. The topological polar surface area (TPSA) is 236 Å².